The van der Waals surface area contributed by atoms with E-state index in [4.69, 9.17) is 0 Å². The van der Waals surface area contributed by atoms with Gasteiger partial charge in [-0.1, -0.05) is 0 Å². The smallest absolute Gasteiger partial charge is 0.216 e. The van der Waals surface area contributed by atoms with E-state index in [0.717, 1.165) is 11.4 Å². The number of rotatable bonds is 6. The number of nitrogens with one attached hydrogen (secondary N) is 1. The van der Waals surface area contributed by atoms with Crippen molar-refractivity contribution in [1.29, 1.82) is 0 Å². The first kappa shape index (κ1) is 14.5. The first-order valence-electron chi connectivity index (χ1n) is 6.62. The molecular weight excluding hydrogens is 264 g/mol. The Kier molecular flexibility index (Phi) is 4.36. The molecule has 2 rings (SSSR count). The minimum absolute atomic E-state index is 0.226. The maximum absolute atomic E-state index is 14.0. The third kappa shape index (κ3) is 2.81. The van der Waals surface area contributed by atoms with Crippen molar-refractivity contribution in [1.82, 2.24) is 19.6 Å². The van der Waals surface area contributed by atoms with Crippen LogP contribution in [-0.4, -0.2) is 26.2 Å². The van der Waals surface area contributed by atoms with Gasteiger partial charge < -0.3 is 5.32 Å². The molecule has 2 aromatic heterocycles. The van der Waals surface area contributed by atoms with E-state index in [-0.39, 0.29) is 12.5 Å². The molecule has 0 amide bonds. The molecule has 7 heteroatoms. The van der Waals surface area contributed by atoms with Crippen LogP contribution in [0.1, 0.15) is 23.9 Å². The highest BCUT2D eigenvalue weighted by atomic mass is 19.1. The molecule has 0 aliphatic carbocycles. The molecule has 0 spiro atoms. The Labute approximate surface area is 116 Å². The number of alkyl halides is 1. The lowest BCUT2D eigenvalue weighted by Crippen LogP contribution is -2.04. The lowest BCUT2D eigenvalue weighted by molar-refractivity contribution is 0.426. The van der Waals surface area contributed by atoms with E-state index >= 15 is 0 Å². The molecule has 2 heterocycles. The Hall–Kier alpha value is -1.92. The summed E-state index contributed by atoms with van der Waals surface area (Å²) in [6.07, 6.45) is 1.73. The predicted octanol–water partition coefficient (Wildman–Crippen LogP) is 2.44. The predicted molar refractivity (Wildman–Crippen MR) is 72.9 cm³/mol. The van der Waals surface area contributed by atoms with Gasteiger partial charge in [0.25, 0.3) is 0 Å². The van der Waals surface area contributed by atoms with Crippen LogP contribution in [0, 0.1) is 19.8 Å². The first-order valence-corrected chi connectivity index (χ1v) is 6.62. The first-order chi connectivity index (χ1) is 9.56. The Morgan fingerprint density at radius 3 is 2.60 bits per heavy atom. The number of aromatic nitrogens is 4. The van der Waals surface area contributed by atoms with Gasteiger partial charge in [0.1, 0.15) is 6.67 Å². The third-order valence-corrected chi connectivity index (χ3v) is 3.20. The van der Waals surface area contributed by atoms with Crippen molar-refractivity contribution in [2.45, 2.75) is 40.4 Å². The van der Waals surface area contributed by atoms with Crippen molar-refractivity contribution in [3.63, 3.8) is 0 Å². The molecule has 0 saturated heterocycles. The molecule has 0 aliphatic rings. The molecule has 0 radical (unpaired) electrons. The molecule has 2 aromatic rings. The summed E-state index contributed by atoms with van der Waals surface area (Å²) in [5.41, 5.74) is 2.76. The topological polar surface area (TPSA) is 47.7 Å². The van der Waals surface area contributed by atoms with Crippen molar-refractivity contribution in [2.75, 3.05) is 12.0 Å². The maximum Gasteiger partial charge on any atom is 0.216 e. The van der Waals surface area contributed by atoms with Crippen molar-refractivity contribution < 1.29 is 8.78 Å². The zero-order valence-corrected chi connectivity index (χ0v) is 12.0. The summed E-state index contributed by atoms with van der Waals surface area (Å²) in [5.74, 6) is -0.314. The van der Waals surface area contributed by atoms with Gasteiger partial charge in [-0.3, -0.25) is 4.68 Å². The van der Waals surface area contributed by atoms with Crippen LogP contribution >= 0.6 is 0 Å². The van der Waals surface area contributed by atoms with Gasteiger partial charge in [-0.15, -0.1) is 0 Å². The second kappa shape index (κ2) is 6.02. The lowest BCUT2D eigenvalue weighted by Gasteiger charge is -2.04. The highest BCUT2D eigenvalue weighted by Crippen LogP contribution is 2.17. The van der Waals surface area contributed by atoms with Crippen LogP contribution in [0.3, 0.4) is 0 Å². The van der Waals surface area contributed by atoms with Gasteiger partial charge in [-0.2, -0.15) is 14.6 Å². The minimum Gasteiger partial charge on any atom is -0.378 e. The van der Waals surface area contributed by atoms with Crippen molar-refractivity contribution in [3.8, 4) is 0 Å². The molecule has 20 heavy (non-hydrogen) atoms. The summed E-state index contributed by atoms with van der Waals surface area (Å²) in [6.45, 7) is 6.06. The molecule has 110 valence electrons. The largest absolute Gasteiger partial charge is 0.378 e. The van der Waals surface area contributed by atoms with Gasteiger partial charge in [0.05, 0.1) is 23.6 Å². The van der Waals surface area contributed by atoms with E-state index < -0.39 is 6.67 Å². The summed E-state index contributed by atoms with van der Waals surface area (Å²) in [7, 11) is 0. The van der Waals surface area contributed by atoms with Gasteiger partial charge in [-0.05, 0) is 20.8 Å². The Balaban J connectivity index is 2.10. The van der Waals surface area contributed by atoms with E-state index in [1.54, 1.807) is 13.1 Å². The fraction of sp³-hybridized carbons (Fsp3) is 0.538. The van der Waals surface area contributed by atoms with Gasteiger partial charge in [0, 0.05) is 24.8 Å². The number of halogens is 2. The van der Waals surface area contributed by atoms with Crippen LogP contribution in [0.5, 0.6) is 0 Å². The average Bonchev–Trinajstić information content (AvgIpc) is 2.89. The van der Waals surface area contributed by atoms with Gasteiger partial charge in [0.15, 0.2) is 0 Å². The fourth-order valence-electron chi connectivity index (χ4n) is 2.08. The van der Waals surface area contributed by atoms with Gasteiger partial charge in [-0.25, -0.2) is 9.07 Å². The van der Waals surface area contributed by atoms with Crippen molar-refractivity contribution in [3.05, 3.63) is 29.1 Å². The minimum atomic E-state index is -0.461. The second-order valence-corrected chi connectivity index (χ2v) is 4.60. The van der Waals surface area contributed by atoms with E-state index in [0.29, 0.717) is 24.3 Å². The number of nitrogens with zero attached hydrogens (tertiary/aromatic N) is 4. The highest BCUT2D eigenvalue weighted by Gasteiger charge is 2.14. The van der Waals surface area contributed by atoms with Crippen LogP contribution in [0.25, 0.3) is 0 Å². The number of hydrogen-bond acceptors (Lipinski definition) is 3. The fourth-order valence-corrected chi connectivity index (χ4v) is 2.08. The number of anilines is 1. The van der Waals surface area contributed by atoms with Crippen LogP contribution in [0.2, 0.25) is 0 Å². The van der Waals surface area contributed by atoms with Crippen LogP contribution < -0.4 is 5.32 Å². The summed E-state index contributed by atoms with van der Waals surface area (Å²) >= 11 is 0. The van der Waals surface area contributed by atoms with Gasteiger partial charge in [0.2, 0.25) is 5.95 Å². The van der Waals surface area contributed by atoms with Crippen LogP contribution in [-0.2, 0) is 19.6 Å². The quantitative estimate of drug-likeness (QED) is 0.885. The molecule has 0 atom stereocenters. The molecule has 0 saturated carbocycles. The van der Waals surface area contributed by atoms with Crippen LogP contribution in [0.4, 0.5) is 14.5 Å². The van der Waals surface area contributed by atoms with E-state index in [2.05, 4.69) is 15.5 Å². The summed E-state index contributed by atoms with van der Waals surface area (Å²) in [4.78, 5) is 0. The number of aryl methyl sites for hydroxylation is 4. The summed E-state index contributed by atoms with van der Waals surface area (Å²) < 4.78 is 29.2. The van der Waals surface area contributed by atoms with Crippen LogP contribution in [0.15, 0.2) is 6.20 Å². The SMILES string of the molecule is CCn1nc(C)c(CNc2cn(CCF)nc2C)c1F. The second-order valence-electron chi connectivity index (χ2n) is 4.60. The number of hydrogen-bond donors (Lipinski definition) is 1. The lowest BCUT2D eigenvalue weighted by atomic mass is 10.2. The van der Waals surface area contributed by atoms with E-state index in [1.807, 2.05) is 13.8 Å². The molecule has 5 nitrogen and oxygen atoms in total. The maximum atomic E-state index is 14.0. The zero-order chi connectivity index (χ0) is 14.7. The van der Waals surface area contributed by atoms with E-state index in [9.17, 15) is 8.78 Å². The Bertz CT molecular complexity index is 588. The standard InChI is InChI=1S/C13H19F2N5/c1-4-20-13(15)11(9(2)18-20)7-16-12-8-19(6-5-14)17-10(12)3/h8,16H,4-7H2,1-3H3. The van der Waals surface area contributed by atoms with E-state index in [1.165, 1.54) is 9.36 Å². The molecular formula is C13H19F2N5. The molecule has 0 unspecified atom stereocenters. The molecule has 0 fully saturated rings. The molecule has 0 aliphatic heterocycles. The van der Waals surface area contributed by atoms with Gasteiger partial charge >= 0.3 is 0 Å². The molecule has 0 aromatic carbocycles. The Morgan fingerprint density at radius 1 is 1.25 bits per heavy atom. The zero-order valence-electron chi connectivity index (χ0n) is 12.0. The monoisotopic (exact) mass is 283 g/mol. The van der Waals surface area contributed by atoms with Crippen molar-refractivity contribution >= 4 is 5.69 Å². The Morgan fingerprint density at radius 2 is 2.00 bits per heavy atom. The molecule has 0 bridgehead atoms. The molecule has 1 N–H and O–H groups in total. The average molecular weight is 283 g/mol. The highest BCUT2D eigenvalue weighted by molar-refractivity contribution is 5.46. The van der Waals surface area contributed by atoms with Crippen molar-refractivity contribution in [2.24, 2.45) is 0 Å². The third-order valence-electron chi connectivity index (χ3n) is 3.20. The normalized spacial score (nSPS) is 11.1. The summed E-state index contributed by atoms with van der Waals surface area (Å²) in [6, 6.07) is 0. The summed E-state index contributed by atoms with van der Waals surface area (Å²) in [5, 5.41) is 11.4.